The Labute approximate surface area is 104 Å². The van der Waals surface area contributed by atoms with Crippen molar-refractivity contribution in [3.8, 4) is 0 Å². The minimum atomic E-state index is 0.507. The Hall–Kier alpha value is -1.12. The molecule has 0 atom stereocenters. The van der Waals surface area contributed by atoms with Gasteiger partial charge in [-0.3, -0.25) is 0 Å². The fourth-order valence-electron chi connectivity index (χ4n) is 1.52. The first kappa shape index (κ1) is 11.4. The summed E-state index contributed by atoms with van der Waals surface area (Å²) in [5.74, 6) is 0. The molecule has 1 aromatic carbocycles. The van der Waals surface area contributed by atoms with Gasteiger partial charge in [-0.15, -0.1) is 0 Å². The number of hydrogen-bond acceptors (Lipinski definition) is 2. The van der Waals surface area contributed by atoms with Gasteiger partial charge in [-0.25, -0.2) is 9.97 Å². The van der Waals surface area contributed by atoms with Gasteiger partial charge >= 0.3 is 0 Å². The summed E-state index contributed by atoms with van der Waals surface area (Å²) in [5.41, 5.74) is 2.96. The van der Waals surface area contributed by atoms with Gasteiger partial charge in [0.25, 0.3) is 0 Å². The van der Waals surface area contributed by atoms with Crippen molar-refractivity contribution in [2.45, 2.75) is 13.3 Å². The number of aromatic nitrogens is 2. The van der Waals surface area contributed by atoms with Crippen LogP contribution in [0.2, 0.25) is 10.2 Å². The minimum absolute atomic E-state index is 0.507. The van der Waals surface area contributed by atoms with E-state index in [4.69, 9.17) is 23.2 Å². The van der Waals surface area contributed by atoms with Crippen LogP contribution in [0, 0.1) is 6.92 Å². The highest BCUT2D eigenvalue weighted by atomic mass is 35.5. The van der Waals surface area contributed by atoms with Gasteiger partial charge in [0.15, 0.2) is 0 Å². The van der Waals surface area contributed by atoms with Gasteiger partial charge in [0.1, 0.15) is 11.5 Å². The summed E-state index contributed by atoms with van der Waals surface area (Å²) in [6.07, 6.45) is 2.17. The van der Waals surface area contributed by atoms with Crippen LogP contribution in [0.5, 0.6) is 0 Å². The maximum atomic E-state index is 6.04. The molecule has 2 nitrogen and oxygen atoms in total. The van der Waals surface area contributed by atoms with E-state index in [1.165, 1.54) is 6.33 Å². The first-order chi connectivity index (χ1) is 7.66. The van der Waals surface area contributed by atoms with Gasteiger partial charge in [0, 0.05) is 22.7 Å². The molecular weight excluding hydrogens is 243 g/mol. The van der Waals surface area contributed by atoms with Gasteiger partial charge in [-0.2, -0.15) is 0 Å². The topological polar surface area (TPSA) is 25.8 Å². The van der Waals surface area contributed by atoms with E-state index in [0.29, 0.717) is 11.6 Å². The zero-order chi connectivity index (χ0) is 11.5. The first-order valence-electron chi connectivity index (χ1n) is 4.87. The number of benzene rings is 1. The highest BCUT2D eigenvalue weighted by Gasteiger charge is 2.07. The van der Waals surface area contributed by atoms with Crippen molar-refractivity contribution >= 4 is 23.2 Å². The summed E-state index contributed by atoms with van der Waals surface area (Å²) >= 11 is 12.0. The van der Waals surface area contributed by atoms with Crippen LogP contribution in [0.1, 0.15) is 16.8 Å². The maximum Gasteiger partial charge on any atom is 0.136 e. The number of hydrogen-bond donors (Lipinski definition) is 0. The van der Waals surface area contributed by atoms with E-state index >= 15 is 0 Å². The molecule has 0 N–H and O–H groups in total. The fourth-order valence-corrected chi connectivity index (χ4v) is 1.98. The lowest BCUT2D eigenvalue weighted by atomic mass is 10.1. The van der Waals surface area contributed by atoms with Crippen LogP contribution in [-0.2, 0) is 6.42 Å². The van der Waals surface area contributed by atoms with Crippen LogP contribution >= 0.6 is 23.2 Å². The Morgan fingerprint density at radius 1 is 1.19 bits per heavy atom. The molecule has 0 spiro atoms. The van der Waals surface area contributed by atoms with E-state index in [2.05, 4.69) is 9.97 Å². The van der Waals surface area contributed by atoms with Crippen LogP contribution in [0.15, 0.2) is 30.6 Å². The molecule has 82 valence electrons. The second-order valence-corrected chi connectivity index (χ2v) is 4.33. The molecule has 0 saturated carbocycles. The van der Waals surface area contributed by atoms with Gasteiger partial charge in [0.2, 0.25) is 0 Å². The van der Waals surface area contributed by atoms with Crippen LogP contribution in [-0.4, -0.2) is 9.97 Å². The van der Waals surface area contributed by atoms with Gasteiger partial charge < -0.3 is 0 Å². The summed E-state index contributed by atoms with van der Waals surface area (Å²) in [5, 5.41) is 1.23. The van der Waals surface area contributed by atoms with Crippen molar-refractivity contribution in [2.75, 3.05) is 0 Å². The number of rotatable bonds is 2. The summed E-state index contributed by atoms with van der Waals surface area (Å²) in [4.78, 5) is 8.11. The lowest BCUT2D eigenvalue weighted by Gasteiger charge is -2.06. The van der Waals surface area contributed by atoms with E-state index in [0.717, 1.165) is 21.8 Å². The predicted molar refractivity (Wildman–Crippen MR) is 66.0 cm³/mol. The standard InChI is InChI=1S/C12H10Cl2N2/c1-8-11(12(14)16-7-15-8)6-9-3-2-4-10(13)5-9/h2-5,7H,6H2,1H3. The summed E-state index contributed by atoms with van der Waals surface area (Å²) in [6.45, 7) is 1.92. The molecule has 0 fully saturated rings. The quantitative estimate of drug-likeness (QED) is 0.763. The van der Waals surface area contributed by atoms with E-state index in [-0.39, 0.29) is 0 Å². The molecule has 0 saturated heterocycles. The Morgan fingerprint density at radius 3 is 2.69 bits per heavy atom. The molecule has 0 radical (unpaired) electrons. The first-order valence-corrected chi connectivity index (χ1v) is 5.63. The third-order valence-electron chi connectivity index (χ3n) is 2.38. The predicted octanol–water partition coefficient (Wildman–Crippen LogP) is 3.68. The largest absolute Gasteiger partial charge is 0.241 e. The van der Waals surface area contributed by atoms with E-state index in [1.54, 1.807) is 0 Å². The Balaban J connectivity index is 2.34. The second-order valence-electron chi connectivity index (χ2n) is 3.54. The highest BCUT2D eigenvalue weighted by Crippen LogP contribution is 2.20. The lowest BCUT2D eigenvalue weighted by molar-refractivity contribution is 1.02. The van der Waals surface area contributed by atoms with Gasteiger partial charge in [0.05, 0.1) is 0 Å². The average Bonchev–Trinajstić information content (AvgIpc) is 2.24. The molecule has 0 aliphatic rings. The van der Waals surface area contributed by atoms with Crippen molar-refractivity contribution in [2.24, 2.45) is 0 Å². The molecule has 0 bridgehead atoms. The molecule has 0 aliphatic heterocycles. The van der Waals surface area contributed by atoms with Crippen LogP contribution < -0.4 is 0 Å². The van der Waals surface area contributed by atoms with Crippen molar-refractivity contribution in [3.63, 3.8) is 0 Å². The van der Waals surface area contributed by atoms with Crippen LogP contribution in [0.4, 0.5) is 0 Å². The molecule has 0 amide bonds. The van der Waals surface area contributed by atoms with E-state index < -0.39 is 0 Å². The Kier molecular flexibility index (Phi) is 3.42. The number of aryl methyl sites for hydroxylation is 1. The van der Waals surface area contributed by atoms with Gasteiger partial charge in [-0.05, 0) is 24.6 Å². The lowest BCUT2D eigenvalue weighted by Crippen LogP contribution is -1.97. The third kappa shape index (κ3) is 2.52. The zero-order valence-corrected chi connectivity index (χ0v) is 10.3. The molecule has 0 unspecified atom stereocenters. The monoisotopic (exact) mass is 252 g/mol. The summed E-state index contributed by atoms with van der Waals surface area (Å²) in [6, 6.07) is 7.70. The van der Waals surface area contributed by atoms with E-state index in [9.17, 15) is 0 Å². The molecule has 4 heteroatoms. The zero-order valence-electron chi connectivity index (χ0n) is 8.74. The smallest absolute Gasteiger partial charge is 0.136 e. The van der Waals surface area contributed by atoms with Crippen LogP contribution in [0.25, 0.3) is 0 Å². The second kappa shape index (κ2) is 4.81. The van der Waals surface area contributed by atoms with Crippen molar-refractivity contribution in [1.82, 2.24) is 9.97 Å². The normalized spacial score (nSPS) is 10.4. The molecule has 1 aromatic heterocycles. The Bertz CT molecular complexity index is 492. The minimum Gasteiger partial charge on any atom is -0.241 e. The third-order valence-corrected chi connectivity index (χ3v) is 2.94. The van der Waals surface area contributed by atoms with Crippen molar-refractivity contribution in [3.05, 3.63) is 57.6 Å². The van der Waals surface area contributed by atoms with Gasteiger partial charge in [-0.1, -0.05) is 35.3 Å². The molecule has 0 aliphatic carbocycles. The van der Waals surface area contributed by atoms with E-state index in [1.807, 2.05) is 31.2 Å². The van der Waals surface area contributed by atoms with Crippen molar-refractivity contribution in [1.29, 1.82) is 0 Å². The highest BCUT2D eigenvalue weighted by molar-refractivity contribution is 6.30. The van der Waals surface area contributed by atoms with Crippen molar-refractivity contribution < 1.29 is 0 Å². The SMILES string of the molecule is Cc1ncnc(Cl)c1Cc1cccc(Cl)c1. The molecular formula is C12H10Cl2N2. The molecule has 1 heterocycles. The molecule has 2 aromatic rings. The Morgan fingerprint density at radius 2 is 2.00 bits per heavy atom. The summed E-state index contributed by atoms with van der Waals surface area (Å²) < 4.78 is 0. The molecule has 16 heavy (non-hydrogen) atoms. The molecule has 2 rings (SSSR count). The summed E-state index contributed by atoms with van der Waals surface area (Å²) in [7, 11) is 0. The average molecular weight is 253 g/mol. The van der Waals surface area contributed by atoms with Crippen LogP contribution in [0.3, 0.4) is 0 Å². The number of nitrogens with zero attached hydrogens (tertiary/aromatic N) is 2. The maximum absolute atomic E-state index is 6.04. The fraction of sp³-hybridized carbons (Fsp3) is 0.167. The number of halogens is 2.